The van der Waals surface area contributed by atoms with Crippen LogP contribution in [0.4, 0.5) is 0 Å². The number of rotatable bonds is 5. The van der Waals surface area contributed by atoms with Crippen LogP contribution in [0.15, 0.2) is 6.20 Å². The number of aromatic amines is 1. The van der Waals surface area contributed by atoms with E-state index < -0.39 is 11.9 Å². The Morgan fingerprint density at radius 3 is 3.14 bits per heavy atom. The number of nitrogens with one attached hydrogen (secondary N) is 2. The van der Waals surface area contributed by atoms with Crippen LogP contribution in [-0.4, -0.2) is 52.8 Å². The van der Waals surface area contributed by atoms with E-state index in [-0.39, 0.29) is 18.9 Å². The van der Waals surface area contributed by atoms with Gasteiger partial charge in [-0.3, -0.25) is 4.79 Å². The van der Waals surface area contributed by atoms with Crippen molar-refractivity contribution in [1.29, 1.82) is 0 Å². The highest BCUT2D eigenvalue weighted by atomic mass is 16.5. The second-order valence-electron chi connectivity index (χ2n) is 2.66. The van der Waals surface area contributed by atoms with Gasteiger partial charge in [0.05, 0.1) is 25.5 Å². The van der Waals surface area contributed by atoms with Gasteiger partial charge < -0.3 is 15.2 Å². The van der Waals surface area contributed by atoms with Crippen molar-refractivity contribution in [2.24, 2.45) is 0 Å². The molecule has 0 aliphatic carbocycles. The van der Waals surface area contributed by atoms with Crippen molar-refractivity contribution in [1.82, 2.24) is 20.7 Å². The molecule has 0 spiro atoms. The molecule has 1 aromatic heterocycles. The van der Waals surface area contributed by atoms with Gasteiger partial charge in [-0.15, -0.1) is 0 Å². The maximum absolute atomic E-state index is 11.3. The molecule has 7 nitrogen and oxygen atoms in total. The number of carbonyl (C=O) groups is 1. The summed E-state index contributed by atoms with van der Waals surface area (Å²) < 4.78 is 4.79. The third kappa shape index (κ3) is 2.79. The molecule has 0 fully saturated rings. The highest BCUT2D eigenvalue weighted by Crippen LogP contribution is 1.91. The second-order valence-corrected chi connectivity index (χ2v) is 2.66. The van der Waals surface area contributed by atoms with Gasteiger partial charge in [-0.2, -0.15) is 15.4 Å². The molecule has 0 saturated carbocycles. The van der Waals surface area contributed by atoms with E-state index in [1.165, 1.54) is 13.3 Å². The molecule has 1 atom stereocenters. The van der Waals surface area contributed by atoms with E-state index in [1.54, 1.807) is 0 Å². The Morgan fingerprint density at radius 2 is 2.64 bits per heavy atom. The molecule has 1 amide bonds. The van der Waals surface area contributed by atoms with E-state index in [1.807, 2.05) is 0 Å². The van der Waals surface area contributed by atoms with Crippen LogP contribution in [-0.2, 0) is 4.74 Å². The molecule has 7 heteroatoms. The van der Waals surface area contributed by atoms with Gasteiger partial charge in [0, 0.05) is 7.11 Å². The summed E-state index contributed by atoms with van der Waals surface area (Å²) >= 11 is 0. The number of aliphatic hydroxyl groups is 1. The monoisotopic (exact) mass is 200 g/mol. The molecule has 14 heavy (non-hydrogen) atoms. The molecule has 0 saturated heterocycles. The predicted octanol–water partition coefficient (Wildman–Crippen LogP) is -1.46. The summed E-state index contributed by atoms with van der Waals surface area (Å²) in [7, 11) is 1.49. The fourth-order valence-corrected chi connectivity index (χ4v) is 0.912. The van der Waals surface area contributed by atoms with Crippen LogP contribution in [0.5, 0.6) is 0 Å². The first-order valence-corrected chi connectivity index (χ1v) is 4.04. The minimum absolute atomic E-state index is 0.180. The zero-order valence-electron chi connectivity index (χ0n) is 7.73. The summed E-state index contributed by atoms with van der Waals surface area (Å²) in [5.74, 6) is -0.394. The topological polar surface area (TPSA) is 100 Å². The van der Waals surface area contributed by atoms with Crippen LogP contribution >= 0.6 is 0 Å². The first-order chi connectivity index (χ1) is 6.77. The van der Waals surface area contributed by atoms with E-state index in [4.69, 9.17) is 9.84 Å². The molecule has 0 aromatic carbocycles. The molecule has 3 N–H and O–H groups in total. The second kappa shape index (κ2) is 5.30. The molecule has 0 bridgehead atoms. The average Bonchev–Trinajstić information content (AvgIpc) is 2.69. The van der Waals surface area contributed by atoms with Crippen LogP contribution in [0.2, 0.25) is 0 Å². The number of hydrogen-bond acceptors (Lipinski definition) is 5. The lowest BCUT2D eigenvalue weighted by atomic mass is 10.3. The van der Waals surface area contributed by atoms with E-state index in [0.717, 1.165) is 0 Å². The molecule has 0 radical (unpaired) electrons. The van der Waals surface area contributed by atoms with Crippen molar-refractivity contribution in [2.45, 2.75) is 6.04 Å². The summed E-state index contributed by atoms with van der Waals surface area (Å²) in [6.07, 6.45) is 1.30. The number of aromatic nitrogens is 3. The Hall–Kier alpha value is -1.47. The standard InChI is InChI=1S/C7H12N4O3/c1-14-4-5(3-12)9-7(13)6-2-8-11-10-6/h2,5,12H,3-4H2,1H3,(H,9,13)(H,8,10,11). The fraction of sp³-hybridized carbons (Fsp3) is 0.571. The van der Waals surface area contributed by atoms with Gasteiger partial charge in [0.15, 0.2) is 5.69 Å². The first-order valence-electron chi connectivity index (χ1n) is 4.04. The molecule has 1 unspecified atom stereocenters. The number of H-pyrrole nitrogens is 1. The van der Waals surface area contributed by atoms with Crippen LogP contribution in [0.1, 0.15) is 10.5 Å². The van der Waals surface area contributed by atoms with Crippen LogP contribution in [0, 0.1) is 0 Å². The Bertz CT molecular complexity index is 274. The maximum atomic E-state index is 11.3. The van der Waals surface area contributed by atoms with Gasteiger partial charge in [-0.1, -0.05) is 0 Å². The Labute approximate surface area is 80.5 Å². The lowest BCUT2D eigenvalue weighted by molar-refractivity contribution is 0.0835. The molecular weight excluding hydrogens is 188 g/mol. The number of aliphatic hydroxyl groups excluding tert-OH is 1. The molecular formula is C7H12N4O3. The van der Waals surface area contributed by atoms with E-state index >= 15 is 0 Å². The van der Waals surface area contributed by atoms with Crippen molar-refractivity contribution < 1.29 is 14.6 Å². The number of methoxy groups -OCH3 is 1. The number of ether oxygens (including phenoxy) is 1. The van der Waals surface area contributed by atoms with Crippen molar-refractivity contribution in [3.8, 4) is 0 Å². The maximum Gasteiger partial charge on any atom is 0.273 e. The Morgan fingerprint density at radius 1 is 1.86 bits per heavy atom. The van der Waals surface area contributed by atoms with Gasteiger partial charge in [0.2, 0.25) is 0 Å². The van der Waals surface area contributed by atoms with Crippen molar-refractivity contribution in [3.63, 3.8) is 0 Å². The number of amides is 1. The van der Waals surface area contributed by atoms with Gasteiger partial charge in [-0.05, 0) is 0 Å². The first kappa shape index (κ1) is 10.6. The van der Waals surface area contributed by atoms with Crippen LogP contribution in [0.3, 0.4) is 0 Å². The van der Waals surface area contributed by atoms with Gasteiger partial charge in [0.25, 0.3) is 5.91 Å². The third-order valence-electron chi connectivity index (χ3n) is 1.57. The lowest BCUT2D eigenvalue weighted by Gasteiger charge is -2.13. The predicted molar refractivity (Wildman–Crippen MR) is 46.6 cm³/mol. The number of nitrogens with zero attached hydrogens (tertiary/aromatic N) is 2. The highest BCUT2D eigenvalue weighted by Gasteiger charge is 2.14. The third-order valence-corrected chi connectivity index (χ3v) is 1.57. The smallest absolute Gasteiger partial charge is 0.273 e. The van der Waals surface area contributed by atoms with Gasteiger partial charge >= 0.3 is 0 Å². The normalized spacial score (nSPS) is 12.4. The number of hydrogen-bond donors (Lipinski definition) is 3. The summed E-state index contributed by atoms with van der Waals surface area (Å²) in [5.41, 5.74) is 0.180. The summed E-state index contributed by atoms with van der Waals surface area (Å²) in [6, 6.07) is -0.427. The Kier molecular flexibility index (Phi) is 4.02. The Balaban J connectivity index is 2.47. The molecule has 0 aliphatic heterocycles. The lowest BCUT2D eigenvalue weighted by Crippen LogP contribution is -2.40. The quantitative estimate of drug-likeness (QED) is 0.539. The van der Waals surface area contributed by atoms with Crippen molar-refractivity contribution in [2.75, 3.05) is 20.3 Å². The highest BCUT2D eigenvalue weighted by molar-refractivity contribution is 5.91. The largest absolute Gasteiger partial charge is 0.394 e. The number of carbonyl (C=O) groups excluding carboxylic acids is 1. The van der Waals surface area contributed by atoms with Crippen LogP contribution in [0.25, 0.3) is 0 Å². The van der Waals surface area contributed by atoms with Gasteiger partial charge in [-0.25, -0.2) is 0 Å². The zero-order chi connectivity index (χ0) is 10.4. The minimum Gasteiger partial charge on any atom is -0.394 e. The van der Waals surface area contributed by atoms with Crippen molar-refractivity contribution >= 4 is 5.91 Å². The fourth-order valence-electron chi connectivity index (χ4n) is 0.912. The average molecular weight is 200 g/mol. The summed E-state index contributed by atoms with van der Waals surface area (Å²) in [6.45, 7) is 0.0670. The summed E-state index contributed by atoms with van der Waals surface area (Å²) in [4.78, 5) is 11.3. The van der Waals surface area contributed by atoms with Gasteiger partial charge in [0.1, 0.15) is 0 Å². The minimum atomic E-state index is -0.427. The summed E-state index contributed by atoms with van der Waals surface area (Å²) in [5, 5.41) is 20.8. The zero-order valence-corrected chi connectivity index (χ0v) is 7.73. The molecule has 1 heterocycles. The van der Waals surface area contributed by atoms with Crippen molar-refractivity contribution in [3.05, 3.63) is 11.9 Å². The van der Waals surface area contributed by atoms with E-state index in [9.17, 15) is 4.79 Å². The van der Waals surface area contributed by atoms with E-state index in [2.05, 4.69) is 20.7 Å². The molecule has 0 aliphatic rings. The SMILES string of the molecule is COCC(CO)NC(=O)c1cn[nH]n1. The molecule has 1 aromatic rings. The van der Waals surface area contributed by atoms with E-state index in [0.29, 0.717) is 0 Å². The molecule has 78 valence electrons. The van der Waals surface area contributed by atoms with Crippen LogP contribution < -0.4 is 5.32 Å². The molecule has 1 rings (SSSR count).